The predicted molar refractivity (Wildman–Crippen MR) is 98.3 cm³/mol. The van der Waals surface area contributed by atoms with Gasteiger partial charge in [-0.1, -0.05) is 24.3 Å². The number of benzene rings is 3. The fourth-order valence-corrected chi connectivity index (χ4v) is 2.45. The molecule has 126 valence electrons. The van der Waals surface area contributed by atoms with Crippen LogP contribution in [0, 0.1) is 0 Å². The Morgan fingerprint density at radius 2 is 1.80 bits per heavy atom. The van der Waals surface area contributed by atoms with Gasteiger partial charge in [0, 0.05) is 0 Å². The van der Waals surface area contributed by atoms with Crippen LogP contribution in [0.4, 0.5) is 0 Å². The number of ether oxygens (including phenoxy) is 1. The van der Waals surface area contributed by atoms with Crippen LogP contribution in [0.5, 0.6) is 11.5 Å². The molecule has 3 rings (SSSR count). The van der Waals surface area contributed by atoms with E-state index in [9.17, 15) is 9.90 Å². The predicted octanol–water partition coefficient (Wildman–Crippen LogP) is 3.71. The van der Waals surface area contributed by atoms with Crippen molar-refractivity contribution in [2.75, 3.05) is 6.61 Å². The molecular formula is C20H18N2O3. The molecule has 2 N–H and O–H groups in total. The van der Waals surface area contributed by atoms with Gasteiger partial charge in [0.15, 0.2) is 0 Å². The molecule has 0 aliphatic heterocycles. The van der Waals surface area contributed by atoms with Crippen molar-refractivity contribution in [1.29, 1.82) is 0 Å². The molecule has 25 heavy (non-hydrogen) atoms. The van der Waals surface area contributed by atoms with Crippen LogP contribution in [0.25, 0.3) is 10.8 Å². The Morgan fingerprint density at radius 3 is 2.48 bits per heavy atom. The third-order valence-electron chi connectivity index (χ3n) is 3.68. The van der Waals surface area contributed by atoms with E-state index < -0.39 is 5.91 Å². The third-order valence-corrected chi connectivity index (χ3v) is 3.68. The van der Waals surface area contributed by atoms with E-state index in [-0.39, 0.29) is 11.3 Å². The molecule has 3 aromatic carbocycles. The topological polar surface area (TPSA) is 70.9 Å². The molecule has 0 aliphatic carbocycles. The summed E-state index contributed by atoms with van der Waals surface area (Å²) in [5.74, 6) is 0.239. The quantitative estimate of drug-likeness (QED) is 0.552. The zero-order valence-electron chi connectivity index (χ0n) is 13.8. The maximum absolute atomic E-state index is 12.2. The minimum Gasteiger partial charge on any atom is -0.507 e. The van der Waals surface area contributed by atoms with E-state index in [1.807, 2.05) is 55.5 Å². The molecule has 0 aromatic heterocycles. The molecule has 5 nitrogen and oxygen atoms in total. The summed E-state index contributed by atoms with van der Waals surface area (Å²) in [6.07, 6.45) is 1.53. The minimum atomic E-state index is -0.467. The second-order valence-corrected chi connectivity index (χ2v) is 5.42. The highest BCUT2D eigenvalue weighted by atomic mass is 16.5. The Labute approximate surface area is 145 Å². The highest BCUT2D eigenvalue weighted by Crippen LogP contribution is 2.24. The van der Waals surface area contributed by atoms with Crippen molar-refractivity contribution in [3.05, 3.63) is 71.8 Å². The smallest absolute Gasteiger partial charge is 0.275 e. The molecule has 0 heterocycles. The van der Waals surface area contributed by atoms with Gasteiger partial charge in [-0.2, -0.15) is 5.10 Å². The van der Waals surface area contributed by atoms with Crippen LogP contribution in [-0.4, -0.2) is 23.8 Å². The van der Waals surface area contributed by atoms with Gasteiger partial charge < -0.3 is 9.84 Å². The molecule has 0 saturated carbocycles. The molecule has 0 aliphatic rings. The van der Waals surface area contributed by atoms with Crippen molar-refractivity contribution in [3.8, 4) is 11.5 Å². The number of rotatable bonds is 5. The number of carbonyl (C=O) groups excluding carboxylic acids is 1. The van der Waals surface area contributed by atoms with Gasteiger partial charge in [-0.15, -0.1) is 0 Å². The van der Waals surface area contributed by atoms with Crippen LogP contribution >= 0.6 is 0 Å². The molecule has 0 radical (unpaired) electrons. The van der Waals surface area contributed by atoms with Gasteiger partial charge in [-0.3, -0.25) is 4.79 Å². The summed E-state index contributed by atoms with van der Waals surface area (Å²) < 4.78 is 5.37. The van der Waals surface area contributed by atoms with Gasteiger partial charge >= 0.3 is 0 Å². The van der Waals surface area contributed by atoms with Crippen molar-refractivity contribution < 1.29 is 14.6 Å². The summed E-state index contributed by atoms with van der Waals surface area (Å²) in [7, 11) is 0. The Hall–Kier alpha value is -3.34. The molecular weight excluding hydrogens is 316 g/mol. The summed E-state index contributed by atoms with van der Waals surface area (Å²) >= 11 is 0. The first kappa shape index (κ1) is 16.5. The molecule has 5 heteroatoms. The van der Waals surface area contributed by atoms with Crippen LogP contribution < -0.4 is 10.2 Å². The number of hydrazone groups is 1. The number of phenolic OH excluding ortho intramolecular Hbond substituents is 1. The minimum absolute atomic E-state index is 0.0764. The first-order chi connectivity index (χ1) is 12.2. The standard InChI is InChI=1S/C20H18N2O3/c1-2-25-17-9-7-14(8-10-17)13-21-22-20(24)18-11-15-5-3-4-6-16(15)12-19(18)23/h3-13,23H,2H2,1H3,(H,22,24)/b21-13+. The third kappa shape index (κ3) is 3.95. The maximum atomic E-state index is 12.2. The average Bonchev–Trinajstić information content (AvgIpc) is 2.62. The first-order valence-corrected chi connectivity index (χ1v) is 7.95. The molecule has 0 bridgehead atoms. The van der Waals surface area contributed by atoms with E-state index in [1.165, 1.54) is 6.21 Å². The number of phenols is 1. The first-order valence-electron chi connectivity index (χ1n) is 7.95. The molecule has 3 aromatic rings. The summed E-state index contributed by atoms with van der Waals surface area (Å²) in [6.45, 7) is 2.53. The maximum Gasteiger partial charge on any atom is 0.275 e. The van der Waals surface area contributed by atoms with Crippen molar-refractivity contribution in [2.24, 2.45) is 5.10 Å². The lowest BCUT2D eigenvalue weighted by atomic mass is 10.1. The van der Waals surface area contributed by atoms with E-state index in [2.05, 4.69) is 10.5 Å². The lowest BCUT2D eigenvalue weighted by Gasteiger charge is -2.06. The Balaban J connectivity index is 1.70. The second kappa shape index (κ2) is 7.49. The average molecular weight is 334 g/mol. The molecule has 0 atom stereocenters. The van der Waals surface area contributed by atoms with E-state index in [0.717, 1.165) is 22.1 Å². The molecule has 1 amide bonds. The number of carbonyl (C=O) groups is 1. The van der Waals surface area contributed by atoms with Crippen LogP contribution in [0.15, 0.2) is 65.8 Å². The van der Waals surface area contributed by atoms with Crippen molar-refractivity contribution in [2.45, 2.75) is 6.92 Å². The highest BCUT2D eigenvalue weighted by Gasteiger charge is 2.11. The summed E-state index contributed by atoms with van der Waals surface area (Å²) in [5.41, 5.74) is 3.44. The summed E-state index contributed by atoms with van der Waals surface area (Å²) in [4.78, 5) is 12.2. The highest BCUT2D eigenvalue weighted by molar-refractivity contribution is 6.01. The molecule has 0 fully saturated rings. The van der Waals surface area contributed by atoms with E-state index in [0.29, 0.717) is 6.61 Å². The SMILES string of the molecule is CCOc1ccc(/C=N/NC(=O)c2cc3ccccc3cc2O)cc1. The van der Waals surface area contributed by atoms with Crippen LogP contribution in [-0.2, 0) is 0 Å². The summed E-state index contributed by atoms with van der Waals surface area (Å²) in [6, 6.07) is 18.1. The molecule has 0 unspecified atom stereocenters. The zero-order chi connectivity index (χ0) is 17.6. The Bertz CT molecular complexity index is 918. The Morgan fingerprint density at radius 1 is 1.12 bits per heavy atom. The van der Waals surface area contributed by atoms with Crippen molar-refractivity contribution in [3.63, 3.8) is 0 Å². The monoisotopic (exact) mass is 334 g/mol. The number of amides is 1. The van der Waals surface area contributed by atoms with Gasteiger partial charge in [0.25, 0.3) is 5.91 Å². The van der Waals surface area contributed by atoms with Crippen LogP contribution in [0.3, 0.4) is 0 Å². The van der Waals surface area contributed by atoms with E-state index in [4.69, 9.17) is 4.74 Å². The second-order valence-electron chi connectivity index (χ2n) is 5.42. The lowest BCUT2D eigenvalue weighted by molar-refractivity contribution is 0.0952. The lowest BCUT2D eigenvalue weighted by Crippen LogP contribution is -2.17. The number of hydrogen-bond acceptors (Lipinski definition) is 4. The largest absolute Gasteiger partial charge is 0.507 e. The number of nitrogens with zero attached hydrogens (tertiary/aromatic N) is 1. The fourth-order valence-electron chi connectivity index (χ4n) is 2.45. The number of fused-ring (bicyclic) bond motifs is 1. The summed E-state index contributed by atoms with van der Waals surface area (Å²) in [5, 5.41) is 15.7. The van der Waals surface area contributed by atoms with Crippen LogP contribution in [0.2, 0.25) is 0 Å². The number of hydrogen-bond donors (Lipinski definition) is 2. The Kier molecular flexibility index (Phi) is 4.95. The van der Waals surface area contributed by atoms with Gasteiger partial charge in [-0.25, -0.2) is 5.43 Å². The zero-order valence-corrected chi connectivity index (χ0v) is 13.8. The van der Waals surface area contributed by atoms with Gasteiger partial charge in [-0.05, 0) is 59.7 Å². The molecule has 0 saturated heterocycles. The fraction of sp³-hybridized carbons (Fsp3) is 0.100. The van der Waals surface area contributed by atoms with E-state index in [1.54, 1.807) is 12.1 Å². The van der Waals surface area contributed by atoms with Crippen molar-refractivity contribution >= 4 is 22.9 Å². The van der Waals surface area contributed by atoms with Crippen LogP contribution in [0.1, 0.15) is 22.8 Å². The van der Waals surface area contributed by atoms with E-state index >= 15 is 0 Å². The number of aromatic hydroxyl groups is 1. The molecule has 0 spiro atoms. The van der Waals surface area contributed by atoms with Gasteiger partial charge in [0.2, 0.25) is 0 Å². The van der Waals surface area contributed by atoms with Gasteiger partial charge in [0.05, 0.1) is 18.4 Å². The van der Waals surface area contributed by atoms with Gasteiger partial charge in [0.1, 0.15) is 11.5 Å². The number of nitrogens with one attached hydrogen (secondary N) is 1. The normalized spacial score (nSPS) is 10.9. The van der Waals surface area contributed by atoms with Crippen molar-refractivity contribution in [1.82, 2.24) is 5.43 Å².